The number of hydrogen-bond acceptors (Lipinski definition) is 2. The minimum Gasteiger partial charge on any atom is -0.475 e. The van der Waals surface area contributed by atoms with Gasteiger partial charge >= 0.3 is 0 Å². The van der Waals surface area contributed by atoms with E-state index in [1.165, 1.54) is 5.56 Å². The van der Waals surface area contributed by atoms with E-state index < -0.39 is 6.67 Å². The van der Waals surface area contributed by atoms with E-state index in [9.17, 15) is 4.39 Å². The van der Waals surface area contributed by atoms with Gasteiger partial charge in [-0.1, -0.05) is 26.8 Å². The summed E-state index contributed by atoms with van der Waals surface area (Å²) in [4.78, 5) is 4.13. The van der Waals surface area contributed by atoms with E-state index in [-0.39, 0.29) is 6.61 Å². The van der Waals surface area contributed by atoms with Crippen molar-refractivity contribution in [3.8, 4) is 5.88 Å². The Hall–Kier alpha value is -1.12. The number of hydrogen-bond donors (Lipinski definition) is 0. The third-order valence-electron chi connectivity index (χ3n) is 2.61. The zero-order valence-corrected chi connectivity index (χ0v) is 9.53. The maximum atomic E-state index is 11.8. The molecule has 0 aliphatic heterocycles. The van der Waals surface area contributed by atoms with Crippen LogP contribution in [0.15, 0.2) is 18.3 Å². The minimum atomic E-state index is -0.480. The van der Waals surface area contributed by atoms with Gasteiger partial charge in [0.2, 0.25) is 5.88 Å². The lowest BCUT2D eigenvalue weighted by Gasteiger charge is -2.15. The first kappa shape index (κ1) is 12.0. The summed E-state index contributed by atoms with van der Waals surface area (Å²) in [6.45, 7) is 6.12. The van der Waals surface area contributed by atoms with Gasteiger partial charge in [-0.05, 0) is 17.4 Å². The fourth-order valence-corrected chi connectivity index (χ4v) is 1.27. The lowest BCUT2D eigenvalue weighted by Crippen LogP contribution is -2.04. The quantitative estimate of drug-likeness (QED) is 0.746. The van der Waals surface area contributed by atoms with Crippen LogP contribution in [0.25, 0.3) is 0 Å². The first-order valence-electron chi connectivity index (χ1n) is 5.30. The number of pyridine rings is 1. The van der Waals surface area contributed by atoms with E-state index in [0.29, 0.717) is 17.7 Å². The predicted octanol–water partition coefficient (Wildman–Crippen LogP) is 3.19. The summed E-state index contributed by atoms with van der Waals surface area (Å²) >= 11 is 0. The van der Waals surface area contributed by atoms with Crippen LogP contribution in [0.2, 0.25) is 0 Å². The highest BCUT2D eigenvalue weighted by Gasteiger charge is 2.10. The SMILES string of the molecule is CC(C)C(C)c1ccc(OCCF)nc1. The molecule has 1 rings (SSSR count). The van der Waals surface area contributed by atoms with Crippen LogP contribution >= 0.6 is 0 Å². The Morgan fingerprint density at radius 1 is 1.33 bits per heavy atom. The van der Waals surface area contributed by atoms with Gasteiger partial charge in [0.1, 0.15) is 13.3 Å². The zero-order valence-electron chi connectivity index (χ0n) is 9.53. The van der Waals surface area contributed by atoms with Crippen LogP contribution in [0, 0.1) is 5.92 Å². The van der Waals surface area contributed by atoms with Crippen molar-refractivity contribution in [1.29, 1.82) is 0 Å². The third kappa shape index (κ3) is 3.50. The molecule has 84 valence electrons. The van der Waals surface area contributed by atoms with Gasteiger partial charge in [-0.15, -0.1) is 0 Å². The molecule has 3 heteroatoms. The minimum absolute atomic E-state index is 0.0755. The Kier molecular flexibility index (Phi) is 4.53. The summed E-state index contributed by atoms with van der Waals surface area (Å²) in [6.07, 6.45) is 1.80. The Balaban J connectivity index is 2.63. The van der Waals surface area contributed by atoms with Crippen molar-refractivity contribution in [2.45, 2.75) is 26.7 Å². The molecule has 0 saturated heterocycles. The van der Waals surface area contributed by atoms with Crippen LogP contribution in [0.3, 0.4) is 0 Å². The van der Waals surface area contributed by atoms with E-state index >= 15 is 0 Å². The van der Waals surface area contributed by atoms with Crippen LogP contribution in [-0.2, 0) is 0 Å². The molecule has 0 saturated carbocycles. The molecule has 0 amide bonds. The molecule has 0 bridgehead atoms. The Bertz CT molecular complexity index is 284. The number of aromatic nitrogens is 1. The zero-order chi connectivity index (χ0) is 11.3. The molecular weight excluding hydrogens is 193 g/mol. The summed E-state index contributed by atoms with van der Waals surface area (Å²) < 4.78 is 16.9. The molecule has 1 unspecified atom stereocenters. The van der Waals surface area contributed by atoms with Crippen molar-refractivity contribution in [2.75, 3.05) is 13.3 Å². The summed E-state index contributed by atoms with van der Waals surface area (Å²) in [6, 6.07) is 3.79. The highest BCUT2D eigenvalue weighted by atomic mass is 19.1. The molecule has 0 aromatic carbocycles. The van der Waals surface area contributed by atoms with E-state index in [1.807, 2.05) is 6.07 Å². The average molecular weight is 211 g/mol. The van der Waals surface area contributed by atoms with Gasteiger partial charge in [0, 0.05) is 12.3 Å². The maximum Gasteiger partial charge on any atom is 0.213 e. The van der Waals surface area contributed by atoms with Crippen LogP contribution < -0.4 is 4.74 Å². The molecule has 15 heavy (non-hydrogen) atoms. The molecule has 1 aromatic rings. The van der Waals surface area contributed by atoms with Gasteiger partial charge in [0.25, 0.3) is 0 Å². The van der Waals surface area contributed by atoms with Gasteiger partial charge in [-0.3, -0.25) is 0 Å². The molecule has 0 radical (unpaired) electrons. The molecule has 0 spiro atoms. The standard InChI is InChI=1S/C12H18FNO/c1-9(2)10(3)11-4-5-12(14-8-11)15-7-6-13/h4-5,8-10H,6-7H2,1-3H3. The fourth-order valence-electron chi connectivity index (χ4n) is 1.27. The number of halogens is 1. The topological polar surface area (TPSA) is 22.1 Å². The summed E-state index contributed by atoms with van der Waals surface area (Å²) in [5.41, 5.74) is 1.19. The van der Waals surface area contributed by atoms with Gasteiger partial charge in [-0.25, -0.2) is 9.37 Å². The van der Waals surface area contributed by atoms with Crippen LogP contribution in [0.4, 0.5) is 4.39 Å². The van der Waals surface area contributed by atoms with E-state index in [1.54, 1.807) is 12.3 Å². The van der Waals surface area contributed by atoms with E-state index in [0.717, 1.165) is 0 Å². The lowest BCUT2D eigenvalue weighted by atomic mass is 9.92. The maximum absolute atomic E-state index is 11.8. The van der Waals surface area contributed by atoms with E-state index in [4.69, 9.17) is 4.74 Å². The molecule has 0 aliphatic rings. The van der Waals surface area contributed by atoms with Crippen LogP contribution in [0.5, 0.6) is 5.88 Å². The van der Waals surface area contributed by atoms with Crippen molar-refractivity contribution in [3.63, 3.8) is 0 Å². The van der Waals surface area contributed by atoms with Crippen molar-refractivity contribution < 1.29 is 9.13 Å². The Morgan fingerprint density at radius 3 is 2.53 bits per heavy atom. The average Bonchev–Trinajstić information content (AvgIpc) is 2.26. The molecule has 2 nitrogen and oxygen atoms in total. The second kappa shape index (κ2) is 5.69. The summed E-state index contributed by atoms with van der Waals surface area (Å²) in [5, 5.41) is 0. The molecule has 0 aliphatic carbocycles. The normalized spacial score (nSPS) is 12.9. The predicted molar refractivity (Wildman–Crippen MR) is 59.0 cm³/mol. The van der Waals surface area contributed by atoms with Crippen molar-refractivity contribution in [3.05, 3.63) is 23.9 Å². The summed E-state index contributed by atoms with van der Waals surface area (Å²) in [5.74, 6) is 1.56. The fraction of sp³-hybridized carbons (Fsp3) is 0.583. The lowest BCUT2D eigenvalue weighted by molar-refractivity contribution is 0.264. The summed E-state index contributed by atoms with van der Waals surface area (Å²) in [7, 11) is 0. The van der Waals surface area contributed by atoms with E-state index in [2.05, 4.69) is 25.8 Å². The van der Waals surface area contributed by atoms with Crippen LogP contribution in [0.1, 0.15) is 32.3 Å². The van der Waals surface area contributed by atoms with Gasteiger partial charge in [0.05, 0.1) is 0 Å². The van der Waals surface area contributed by atoms with Gasteiger partial charge in [-0.2, -0.15) is 0 Å². The first-order valence-corrected chi connectivity index (χ1v) is 5.30. The van der Waals surface area contributed by atoms with Crippen molar-refractivity contribution in [1.82, 2.24) is 4.98 Å². The highest BCUT2D eigenvalue weighted by Crippen LogP contribution is 2.23. The van der Waals surface area contributed by atoms with Crippen LogP contribution in [-0.4, -0.2) is 18.3 Å². The number of ether oxygens (including phenoxy) is 1. The van der Waals surface area contributed by atoms with Gasteiger partial charge < -0.3 is 4.74 Å². The number of rotatable bonds is 5. The molecule has 1 atom stereocenters. The van der Waals surface area contributed by atoms with Gasteiger partial charge in [0.15, 0.2) is 0 Å². The Morgan fingerprint density at radius 2 is 2.07 bits per heavy atom. The monoisotopic (exact) mass is 211 g/mol. The smallest absolute Gasteiger partial charge is 0.213 e. The largest absolute Gasteiger partial charge is 0.475 e. The number of nitrogens with zero attached hydrogens (tertiary/aromatic N) is 1. The second-order valence-electron chi connectivity index (χ2n) is 4.00. The highest BCUT2D eigenvalue weighted by molar-refractivity contribution is 5.21. The number of alkyl halides is 1. The van der Waals surface area contributed by atoms with Crippen molar-refractivity contribution in [2.24, 2.45) is 5.92 Å². The molecule has 1 aromatic heterocycles. The second-order valence-corrected chi connectivity index (χ2v) is 4.00. The molecule has 0 N–H and O–H groups in total. The molecular formula is C12H18FNO. The van der Waals surface area contributed by atoms with Crippen molar-refractivity contribution >= 4 is 0 Å². The Labute approximate surface area is 90.5 Å². The molecule has 0 fully saturated rings. The first-order chi connectivity index (χ1) is 7.15. The molecule has 1 heterocycles. The third-order valence-corrected chi connectivity index (χ3v) is 2.61.